The van der Waals surface area contributed by atoms with E-state index in [1.54, 1.807) is 6.20 Å². The van der Waals surface area contributed by atoms with E-state index in [-0.39, 0.29) is 12.2 Å². The minimum absolute atomic E-state index is 0.0381. The molecular weight excluding hydrogens is 392 g/mol. The van der Waals surface area contributed by atoms with Crippen LogP contribution in [0.25, 0.3) is 0 Å². The summed E-state index contributed by atoms with van der Waals surface area (Å²) in [5.74, 6) is -1.63. The van der Waals surface area contributed by atoms with Crippen molar-refractivity contribution in [2.45, 2.75) is 23.1 Å². The van der Waals surface area contributed by atoms with Crippen molar-refractivity contribution in [3.8, 4) is 0 Å². The number of aromatic nitrogens is 1. The molecule has 1 aliphatic rings. The zero-order chi connectivity index (χ0) is 20.1. The Morgan fingerprint density at radius 2 is 2.07 bits per heavy atom. The predicted molar refractivity (Wildman–Crippen MR) is 114 cm³/mol. The number of thioether (sulfide) groups is 1. The molecule has 3 N–H and O–H groups in total. The molecule has 3 unspecified atom stereocenters. The number of aliphatic carboxylic acids is 1. The van der Waals surface area contributed by atoms with Crippen molar-refractivity contribution < 1.29 is 14.7 Å². The Bertz CT molecular complexity index is 880. The summed E-state index contributed by atoms with van der Waals surface area (Å²) in [7, 11) is 0. The van der Waals surface area contributed by atoms with Crippen LogP contribution < -0.4 is 5.73 Å². The molecule has 1 aromatic carbocycles. The summed E-state index contributed by atoms with van der Waals surface area (Å²) in [6, 6.07) is 8.77. The molecular formula is C21H22N2O3S2. The number of carbonyl (C=O) groups excluding carboxylic acids is 1. The number of allylic oxidation sites excluding steroid dienone is 4. The number of Topliss-reactive ketones (excluding diaryl/α,β-unsaturated/α-hetero) is 1. The predicted octanol–water partition coefficient (Wildman–Crippen LogP) is 3.27. The lowest BCUT2D eigenvalue weighted by Crippen LogP contribution is -2.44. The number of carboxylic acids is 1. The molecule has 7 heteroatoms. The van der Waals surface area contributed by atoms with Crippen LogP contribution in [-0.2, 0) is 15.0 Å². The van der Waals surface area contributed by atoms with Gasteiger partial charge in [0.25, 0.3) is 0 Å². The van der Waals surface area contributed by atoms with Gasteiger partial charge in [-0.1, -0.05) is 54.6 Å². The van der Waals surface area contributed by atoms with E-state index in [2.05, 4.69) is 4.98 Å². The Labute approximate surface area is 172 Å². The number of nitrogens with zero attached hydrogens (tertiary/aromatic N) is 1. The van der Waals surface area contributed by atoms with E-state index in [9.17, 15) is 14.7 Å². The van der Waals surface area contributed by atoms with Crippen LogP contribution in [0.5, 0.6) is 0 Å². The van der Waals surface area contributed by atoms with Gasteiger partial charge in [-0.25, -0.2) is 4.98 Å². The maximum atomic E-state index is 13.6. The molecule has 4 atom stereocenters. The summed E-state index contributed by atoms with van der Waals surface area (Å²) in [6.45, 7) is 0. The molecule has 5 nitrogen and oxygen atoms in total. The van der Waals surface area contributed by atoms with Gasteiger partial charge in [0.15, 0.2) is 5.78 Å². The Hall–Kier alpha value is -2.22. The lowest BCUT2D eigenvalue weighted by Gasteiger charge is -2.38. The number of rotatable bonds is 8. The van der Waals surface area contributed by atoms with E-state index in [4.69, 9.17) is 5.73 Å². The van der Waals surface area contributed by atoms with Gasteiger partial charge in [-0.3, -0.25) is 9.59 Å². The van der Waals surface area contributed by atoms with Gasteiger partial charge in [0.05, 0.1) is 16.6 Å². The normalized spacial score (nSPS) is 23.3. The van der Waals surface area contributed by atoms with Crippen LogP contribution in [0.4, 0.5) is 0 Å². The number of carboxylic acid groups (broad SMARTS) is 1. The van der Waals surface area contributed by atoms with Crippen LogP contribution in [0.3, 0.4) is 0 Å². The zero-order valence-electron chi connectivity index (χ0n) is 15.4. The van der Waals surface area contributed by atoms with E-state index in [1.165, 1.54) is 23.1 Å². The fourth-order valence-electron chi connectivity index (χ4n) is 3.56. The van der Waals surface area contributed by atoms with Crippen LogP contribution in [0.2, 0.25) is 0 Å². The molecule has 0 fully saturated rings. The smallest absolute Gasteiger partial charge is 0.320 e. The Morgan fingerprint density at radius 1 is 1.32 bits per heavy atom. The van der Waals surface area contributed by atoms with Gasteiger partial charge in [0.2, 0.25) is 0 Å². The maximum absolute atomic E-state index is 13.6. The maximum Gasteiger partial charge on any atom is 0.320 e. The number of ketones is 1. The highest BCUT2D eigenvalue weighted by atomic mass is 32.2. The average molecular weight is 415 g/mol. The molecule has 0 aliphatic heterocycles. The van der Waals surface area contributed by atoms with Gasteiger partial charge < -0.3 is 10.8 Å². The Balaban J connectivity index is 2.06. The molecule has 0 amide bonds. The van der Waals surface area contributed by atoms with Gasteiger partial charge in [-0.15, -0.1) is 11.3 Å². The lowest BCUT2D eigenvalue weighted by molar-refractivity contribution is -0.138. The second-order valence-corrected chi connectivity index (χ2v) is 8.54. The van der Waals surface area contributed by atoms with Crippen LogP contribution >= 0.6 is 23.1 Å². The minimum atomic E-state index is -1.10. The van der Waals surface area contributed by atoms with Crippen molar-refractivity contribution in [2.24, 2.45) is 11.7 Å². The first-order valence-electron chi connectivity index (χ1n) is 8.87. The minimum Gasteiger partial charge on any atom is -0.480 e. The highest BCUT2D eigenvalue weighted by molar-refractivity contribution is 7.99. The second kappa shape index (κ2) is 8.86. The molecule has 0 bridgehead atoms. The fourth-order valence-corrected chi connectivity index (χ4v) is 5.22. The van der Waals surface area contributed by atoms with Gasteiger partial charge >= 0.3 is 5.97 Å². The van der Waals surface area contributed by atoms with E-state index in [0.717, 1.165) is 10.6 Å². The molecule has 28 heavy (non-hydrogen) atoms. The van der Waals surface area contributed by atoms with E-state index >= 15 is 0 Å². The molecule has 2 aromatic rings. The summed E-state index contributed by atoms with van der Waals surface area (Å²) in [4.78, 5) is 29.4. The van der Waals surface area contributed by atoms with E-state index in [0.29, 0.717) is 0 Å². The molecule has 0 radical (unpaired) electrons. The molecule has 1 aliphatic carbocycles. The number of benzene rings is 1. The Kier molecular flexibility index (Phi) is 6.49. The standard InChI is InChI=1S/C21H22N2O3S2/c1-27-17(13-16(22)19(25)26)18(24)15-9-5-6-10-21(15,20-23-11-12-28-20)14-7-3-2-4-8-14/h2-12,15-17H,13,22H2,1H3,(H,25,26)/t15?,16-,17?,21?/m0/s1. The van der Waals surface area contributed by atoms with Gasteiger partial charge in [0, 0.05) is 11.6 Å². The van der Waals surface area contributed by atoms with E-state index < -0.39 is 28.6 Å². The largest absolute Gasteiger partial charge is 0.480 e. The third-order valence-electron chi connectivity index (χ3n) is 5.00. The van der Waals surface area contributed by atoms with Gasteiger partial charge in [-0.05, 0) is 18.2 Å². The highest BCUT2D eigenvalue weighted by Crippen LogP contribution is 2.45. The van der Waals surface area contributed by atoms with Crippen LogP contribution in [0.15, 0.2) is 66.2 Å². The first-order valence-corrected chi connectivity index (χ1v) is 11.0. The van der Waals surface area contributed by atoms with Crippen molar-refractivity contribution >= 4 is 34.9 Å². The van der Waals surface area contributed by atoms with Gasteiger partial charge in [-0.2, -0.15) is 11.8 Å². The van der Waals surface area contributed by atoms with E-state index in [1.807, 2.05) is 66.3 Å². The first kappa shape index (κ1) is 20.5. The molecule has 146 valence electrons. The summed E-state index contributed by atoms with van der Waals surface area (Å²) < 4.78 is 0. The topological polar surface area (TPSA) is 93.3 Å². The summed E-state index contributed by atoms with van der Waals surface area (Å²) >= 11 is 2.85. The molecule has 1 heterocycles. The number of hydrogen-bond acceptors (Lipinski definition) is 6. The van der Waals surface area contributed by atoms with Crippen molar-refractivity contribution in [3.63, 3.8) is 0 Å². The third-order valence-corrected chi connectivity index (χ3v) is 6.91. The monoisotopic (exact) mass is 414 g/mol. The number of thiazole rings is 1. The number of hydrogen-bond donors (Lipinski definition) is 2. The Morgan fingerprint density at radius 3 is 2.68 bits per heavy atom. The summed E-state index contributed by atoms with van der Waals surface area (Å²) in [5, 5.41) is 11.4. The fraction of sp³-hybridized carbons (Fsp3) is 0.286. The van der Waals surface area contributed by atoms with Crippen molar-refractivity contribution in [1.29, 1.82) is 0 Å². The van der Waals surface area contributed by atoms with Crippen LogP contribution in [0.1, 0.15) is 17.0 Å². The molecule has 1 aromatic heterocycles. The quantitative estimate of drug-likeness (QED) is 0.689. The number of nitrogens with two attached hydrogens (primary N) is 1. The van der Waals surface area contributed by atoms with Crippen molar-refractivity contribution in [1.82, 2.24) is 4.98 Å². The first-order chi connectivity index (χ1) is 13.5. The third kappa shape index (κ3) is 3.83. The van der Waals surface area contributed by atoms with Crippen molar-refractivity contribution in [2.75, 3.05) is 6.26 Å². The summed E-state index contributed by atoms with van der Waals surface area (Å²) in [5.41, 5.74) is 5.98. The van der Waals surface area contributed by atoms with Gasteiger partial charge in [0.1, 0.15) is 11.0 Å². The highest BCUT2D eigenvalue weighted by Gasteiger charge is 2.47. The van der Waals surface area contributed by atoms with Crippen LogP contribution in [-0.4, -0.2) is 39.4 Å². The summed E-state index contributed by atoms with van der Waals surface area (Å²) in [6.07, 6.45) is 11.4. The average Bonchev–Trinajstić information content (AvgIpc) is 3.27. The van der Waals surface area contributed by atoms with Crippen molar-refractivity contribution in [3.05, 3.63) is 76.8 Å². The molecule has 0 saturated heterocycles. The zero-order valence-corrected chi connectivity index (χ0v) is 17.0. The van der Waals surface area contributed by atoms with Crippen LogP contribution in [0, 0.1) is 5.92 Å². The molecule has 0 spiro atoms. The molecule has 3 rings (SSSR count). The SMILES string of the molecule is CSC(C[C@H](N)C(=O)O)C(=O)C1C=CC=CC1(c1ccccc1)c1nccs1. The molecule has 0 saturated carbocycles. The number of carbonyl (C=O) groups is 2. The lowest BCUT2D eigenvalue weighted by atomic mass is 9.66. The second-order valence-electron chi connectivity index (χ2n) is 6.60.